The first-order valence-electron chi connectivity index (χ1n) is 6.45. The zero-order valence-electron chi connectivity index (χ0n) is 11.4. The molecule has 0 amide bonds. The number of ether oxygens (including phenoxy) is 1. The van der Waals surface area contributed by atoms with Gasteiger partial charge in [0.1, 0.15) is 0 Å². The van der Waals surface area contributed by atoms with Crippen LogP contribution in [0.25, 0.3) is 0 Å². The summed E-state index contributed by atoms with van der Waals surface area (Å²) in [7, 11) is 0. The SMILES string of the molecule is CCCCO[C@H](Cc1c(C)cccc1C)C(=O)O. The third kappa shape index (κ3) is 4.15. The lowest BCUT2D eigenvalue weighted by molar-refractivity contribution is -0.150. The molecule has 1 aromatic carbocycles. The van der Waals surface area contributed by atoms with Crippen LogP contribution in [0.15, 0.2) is 18.2 Å². The van der Waals surface area contributed by atoms with Crippen molar-refractivity contribution in [3.8, 4) is 0 Å². The van der Waals surface area contributed by atoms with Gasteiger partial charge >= 0.3 is 5.97 Å². The zero-order valence-corrected chi connectivity index (χ0v) is 11.4. The van der Waals surface area contributed by atoms with Crippen LogP contribution in [0.1, 0.15) is 36.5 Å². The highest BCUT2D eigenvalue weighted by molar-refractivity contribution is 5.73. The molecule has 0 saturated heterocycles. The van der Waals surface area contributed by atoms with E-state index >= 15 is 0 Å². The summed E-state index contributed by atoms with van der Waals surface area (Å²) in [6.07, 6.45) is 1.61. The van der Waals surface area contributed by atoms with Crippen molar-refractivity contribution >= 4 is 5.97 Å². The maximum Gasteiger partial charge on any atom is 0.333 e. The smallest absolute Gasteiger partial charge is 0.333 e. The molecule has 1 aromatic rings. The standard InChI is InChI=1S/C15H22O3/c1-4-5-9-18-14(15(16)17)10-13-11(2)7-6-8-12(13)3/h6-8,14H,4-5,9-10H2,1-3H3,(H,16,17)/t14-/m1/s1. The Morgan fingerprint density at radius 2 is 1.94 bits per heavy atom. The second kappa shape index (κ2) is 7.17. The monoisotopic (exact) mass is 250 g/mol. The quantitative estimate of drug-likeness (QED) is 0.756. The summed E-state index contributed by atoms with van der Waals surface area (Å²) >= 11 is 0. The molecule has 3 nitrogen and oxygen atoms in total. The molecule has 0 heterocycles. The molecule has 0 aromatic heterocycles. The highest BCUT2D eigenvalue weighted by Gasteiger charge is 2.20. The van der Waals surface area contributed by atoms with Gasteiger partial charge in [-0.15, -0.1) is 0 Å². The van der Waals surface area contributed by atoms with Crippen LogP contribution in [-0.2, 0) is 16.0 Å². The van der Waals surface area contributed by atoms with Crippen molar-refractivity contribution in [1.82, 2.24) is 0 Å². The number of hydrogen-bond acceptors (Lipinski definition) is 2. The van der Waals surface area contributed by atoms with Crippen LogP contribution in [0.5, 0.6) is 0 Å². The van der Waals surface area contributed by atoms with Crippen molar-refractivity contribution in [1.29, 1.82) is 0 Å². The van der Waals surface area contributed by atoms with Crippen LogP contribution in [0.4, 0.5) is 0 Å². The number of benzene rings is 1. The molecule has 0 radical (unpaired) electrons. The Kier molecular flexibility index (Phi) is 5.86. The van der Waals surface area contributed by atoms with Gasteiger partial charge in [-0.2, -0.15) is 0 Å². The molecule has 3 heteroatoms. The van der Waals surface area contributed by atoms with Gasteiger partial charge < -0.3 is 9.84 Å². The highest BCUT2D eigenvalue weighted by Crippen LogP contribution is 2.17. The van der Waals surface area contributed by atoms with Gasteiger partial charge in [-0.05, 0) is 37.0 Å². The number of carboxylic acids is 1. The molecular weight excluding hydrogens is 228 g/mol. The van der Waals surface area contributed by atoms with Crippen LogP contribution in [0.2, 0.25) is 0 Å². The third-order valence-electron chi connectivity index (χ3n) is 3.13. The number of hydrogen-bond donors (Lipinski definition) is 1. The first-order valence-corrected chi connectivity index (χ1v) is 6.45. The van der Waals surface area contributed by atoms with E-state index in [9.17, 15) is 9.90 Å². The van der Waals surface area contributed by atoms with Gasteiger partial charge in [0.2, 0.25) is 0 Å². The number of aliphatic carboxylic acids is 1. The van der Waals surface area contributed by atoms with Crippen LogP contribution in [0.3, 0.4) is 0 Å². The highest BCUT2D eigenvalue weighted by atomic mass is 16.5. The summed E-state index contributed by atoms with van der Waals surface area (Å²) in [5.41, 5.74) is 3.34. The van der Waals surface area contributed by atoms with Crippen molar-refractivity contribution in [2.45, 2.75) is 46.1 Å². The van der Waals surface area contributed by atoms with Gasteiger partial charge in [-0.1, -0.05) is 31.5 Å². The minimum absolute atomic E-state index is 0.442. The number of carboxylic acid groups (broad SMARTS) is 1. The number of rotatable bonds is 7. The molecular formula is C15H22O3. The molecule has 0 aliphatic rings. The van der Waals surface area contributed by atoms with E-state index in [-0.39, 0.29) is 0 Å². The Balaban J connectivity index is 2.74. The van der Waals surface area contributed by atoms with E-state index in [0.717, 1.165) is 29.5 Å². The second-order valence-corrected chi connectivity index (χ2v) is 4.63. The molecule has 0 bridgehead atoms. The average molecular weight is 250 g/mol. The predicted molar refractivity (Wildman–Crippen MR) is 71.9 cm³/mol. The lowest BCUT2D eigenvalue weighted by Gasteiger charge is -2.16. The molecule has 100 valence electrons. The van der Waals surface area contributed by atoms with E-state index in [0.29, 0.717) is 13.0 Å². The maximum atomic E-state index is 11.2. The van der Waals surface area contributed by atoms with E-state index < -0.39 is 12.1 Å². The van der Waals surface area contributed by atoms with Crippen LogP contribution >= 0.6 is 0 Å². The third-order valence-corrected chi connectivity index (χ3v) is 3.13. The minimum atomic E-state index is -0.881. The summed E-state index contributed by atoms with van der Waals surface area (Å²) in [6, 6.07) is 6.00. The van der Waals surface area contributed by atoms with Crippen molar-refractivity contribution in [2.75, 3.05) is 6.61 Å². The molecule has 1 atom stereocenters. The molecule has 18 heavy (non-hydrogen) atoms. The molecule has 0 unspecified atom stereocenters. The van der Waals surface area contributed by atoms with E-state index in [1.54, 1.807) is 0 Å². The van der Waals surface area contributed by atoms with E-state index in [2.05, 4.69) is 6.92 Å². The van der Waals surface area contributed by atoms with Gasteiger partial charge in [0.25, 0.3) is 0 Å². The van der Waals surface area contributed by atoms with Crippen molar-refractivity contribution in [3.05, 3.63) is 34.9 Å². The Morgan fingerprint density at radius 3 is 2.44 bits per heavy atom. The Labute approximate surface area is 109 Å². The normalized spacial score (nSPS) is 12.4. The van der Waals surface area contributed by atoms with E-state index in [4.69, 9.17) is 4.74 Å². The van der Waals surface area contributed by atoms with Gasteiger partial charge in [-0.3, -0.25) is 0 Å². The van der Waals surface area contributed by atoms with E-state index in [1.807, 2.05) is 32.0 Å². The summed E-state index contributed by atoms with van der Waals surface area (Å²) in [6.45, 7) is 6.59. The summed E-state index contributed by atoms with van der Waals surface area (Å²) in [5, 5.41) is 9.19. The lowest BCUT2D eigenvalue weighted by Crippen LogP contribution is -2.27. The first-order chi connectivity index (χ1) is 8.56. The van der Waals surface area contributed by atoms with Crippen LogP contribution in [0, 0.1) is 13.8 Å². The minimum Gasteiger partial charge on any atom is -0.479 e. The molecule has 0 fully saturated rings. The number of unbranched alkanes of at least 4 members (excludes halogenated alkanes) is 1. The fourth-order valence-electron chi connectivity index (χ4n) is 1.94. The molecule has 0 saturated carbocycles. The Morgan fingerprint density at radius 1 is 1.33 bits per heavy atom. The Bertz CT molecular complexity index is 378. The molecule has 1 N–H and O–H groups in total. The number of aryl methyl sites for hydroxylation is 2. The molecule has 0 spiro atoms. The number of carbonyl (C=O) groups is 1. The molecule has 0 aliphatic carbocycles. The summed E-state index contributed by atoms with van der Waals surface area (Å²) in [5.74, 6) is -0.881. The molecule has 1 rings (SSSR count). The van der Waals surface area contributed by atoms with Gasteiger partial charge in [0.05, 0.1) is 0 Å². The average Bonchev–Trinajstić information content (AvgIpc) is 2.31. The van der Waals surface area contributed by atoms with E-state index in [1.165, 1.54) is 0 Å². The second-order valence-electron chi connectivity index (χ2n) is 4.63. The fraction of sp³-hybridized carbons (Fsp3) is 0.533. The largest absolute Gasteiger partial charge is 0.479 e. The fourth-order valence-corrected chi connectivity index (χ4v) is 1.94. The van der Waals surface area contributed by atoms with Gasteiger partial charge in [0, 0.05) is 13.0 Å². The van der Waals surface area contributed by atoms with Crippen LogP contribution in [-0.4, -0.2) is 23.8 Å². The van der Waals surface area contributed by atoms with Gasteiger partial charge in [0.15, 0.2) is 6.10 Å². The van der Waals surface area contributed by atoms with Gasteiger partial charge in [-0.25, -0.2) is 4.79 Å². The summed E-state index contributed by atoms with van der Waals surface area (Å²) < 4.78 is 5.46. The Hall–Kier alpha value is -1.35. The molecule has 0 aliphatic heterocycles. The van der Waals surface area contributed by atoms with Crippen molar-refractivity contribution < 1.29 is 14.6 Å². The lowest BCUT2D eigenvalue weighted by atomic mass is 9.97. The summed E-state index contributed by atoms with van der Waals surface area (Å²) in [4.78, 5) is 11.2. The van der Waals surface area contributed by atoms with Crippen molar-refractivity contribution in [2.24, 2.45) is 0 Å². The predicted octanol–water partition coefficient (Wildman–Crippen LogP) is 3.12. The first kappa shape index (κ1) is 14.7. The maximum absolute atomic E-state index is 11.2. The van der Waals surface area contributed by atoms with Crippen molar-refractivity contribution in [3.63, 3.8) is 0 Å². The van der Waals surface area contributed by atoms with Crippen LogP contribution < -0.4 is 0 Å². The topological polar surface area (TPSA) is 46.5 Å². The zero-order chi connectivity index (χ0) is 13.5.